The van der Waals surface area contributed by atoms with Gasteiger partial charge in [-0.3, -0.25) is 0 Å². The van der Waals surface area contributed by atoms with E-state index < -0.39 is 0 Å². The minimum atomic E-state index is -0.332. The Morgan fingerprint density at radius 3 is 2.42 bits per heavy atom. The lowest BCUT2D eigenvalue weighted by Gasteiger charge is -2.13. The molecule has 0 aromatic heterocycles. The molecule has 0 amide bonds. The predicted molar refractivity (Wildman–Crippen MR) is 76.1 cm³/mol. The van der Waals surface area contributed by atoms with Crippen LogP contribution >= 0.6 is 11.8 Å². The van der Waals surface area contributed by atoms with Crippen LogP contribution in [0.25, 0.3) is 0 Å². The molecule has 0 bridgehead atoms. The second kappa shape index (κ2) is 6.08. The standard InChI is InChI=1S/C15H16FNOS/c1-10(17)15-13(16)4-3-5-14(15)19-12-8-6-11(18-2)7-9-12/h3-10H,17H2,1-2H3/t10-/m1/s1. The fourth-order valence-corrected chi connectivity index (χ4v) is 2.88. The maximum Gasteiger partial charge on any atom is 0.129 e. The van der Waals surface area contributed by atoms with E-state index in [1.807, 2.05) is 30.3 Å². The van der Waals surface area contributed by atoms with Gasteiger partial charge in [-0.2, -0.15) is 0 Å². The Kier molecular flexibility index (Phi) is 4.45. The number of methoxy groups -OCH3 is 1. The Bertz CT molecular complexity index is 555. The molecule has 4 heteroatoms. The van der Waals surface area contributed by atoms with Gasteiger partial charge in [0.2, 0.25) is 0 Å². The average molecular weight is 277 g/mol. The summed E-state index contributed by atoms with van der Waals surface area (Å²) in [4.78, 5) is 1.87. The number of halogens is 1. The third-order valence-corrected chi connectivity index (χ3v) is 3.84. The molecule has 0 saturated carbocycles. The number of ether oxygens (including phenoxy) is 1. The van der Waals surface area contributed by atoms with Crippen LogP contribution in [0.5, 0.6) is 5.75 Å². The van der Waals surface area contributed by atoms with Crippen molar-refractivity contribution < 1.29 is 9.13 Å². The Balaban J connectivity index is 2.29. The molecule has 2 aromatic rings. The molecule has 2 aromatic carbocycles. The summed E-state index contributed by atoms with van der Waals surface area (Å²) < 4.78 is 18.9. The van der Waals surface area contributed by atoms with Crippen molar-refractivity contribution in [2.45, 2.75) is 22.8 Å². The molecule has 0 aliphatic heterocycles. The minimum Gasteiger partial charge on any atom is -0.497 e. The minimum absolute atomic E-state index is 0.256. The Morgan fingerprint density at radius 1 is 1.16 bits per heavy atom. The maximum absolute atomic E-state index is 13.8. The molecule has 0 aliphatic rings. The normalized spacial score (nSPS) is 12.2. The number of rotatable bonds is 4. The van der Waals surface area contributed by atoms with Gasteiger partial charge in [-0.15, -0.1) is 0 Å². The van der Waals surface area contributed by atoms with Gasteiger partial charge in [-0.25, -0.2) is 4.39 Å². The highest BCUT2D eigenvalue weighted by Crippen LogP contribution is 2.34. The van der Waals surface area contributed by atoms with Crippen molar-refractivity contribution in [2.75, 3.05) is 7.11 Å². The first-order chi connectivity index (χ1) is 9.11. The summed E-state index contributed by atoms with van der Waals surface area (Å²) in [5.41, 5.74) is 6.40. The summed E-state index contributed by atoms with van der Waals surface area (Å²) in [5.74, 6) is 0.546. The van der Waals surface area contributed by atoms with E-state index in [0.29, 0.717) is 5.56 Å². The van der Waals surface area contributed by atoms with Crippen molar-refractivity contribution in [1.82, 2.24) is 0 Å². The van der Waals surface area contributed by atoms with Gasteiger partial charge in [-0.05, 0) is 43.3 Å². The lowest BCUT2D eigenvalue weighted by Crippen LogP contribution is -2.08. The van der Waals surface area contributed by atoms with Gasteiger partial charge in [0.15, 0.2) is 0 Å². The molecule has 0 saturated heterocycles. The summed E-state index contributed by atoms with van der Waals surface area (Å²) in [7, 11) is 1.63. The highest BCUT2D eigenvalue weighted by atomic mass is 32.2. The first-order valence-corrected chi connectivity index (χ1v) is 6.79. The van der Waals surface area contributed by atoms with E-state index >= 15 is 0 Å². The van der Waals surface area contributed by atoms with Crippen LogP contribution < -0.4 is 10.5 Å². The quantitative estimate of drug-likeness (QED) is 0.917. The Labute approximate surface area is 116 Å². The zero-order valence-corrected chi connectivity index (χ0v) is 11.7. The summed E-state index contributed by atoms with van der Waals surface area (Å²) in [5, 5.41) is 0. The molecular formula is C15H16FNOS. The monoisotopic (exact) mass is 277 g/mol. The lowest BCUT2D eigenvalue weighted by molar-refractivity contribution is 0.414. The second-order valence-electron chi connectivity index (χ2n) is 4.22. The fraction of sp³-hybridized carbons (Fsp3) is 0.200. The van der Waals surface area contributed by atoms with Gasteiger partial charge >= 0.3 is 0 Å². The molecule has 0 fully saturated rings. The average Bonchev–Trinajstić information content (AvgIpc) is 2.39. The van der Waals surface area contributed by atoms with Crippen LogP contribution in [0, 0.1) is 5.82 Å². The number of nitrogens with two attached hydrogens (primary N) is 1. The maximum atomic E-state index is 13.8. The summed E-state index contributed by atoms with van der Waals surface area (Å²) in [6, 6.07) is 12.3. The Hall–Kier alpha value is -1.52. The van der Waals surface area contributed by atoms with Crippen LogP contribution in [0.2, 0.25) is 0 Å². The zero-order chi connectivity index (χ0) is 13.8. The van der Waals surface area contributed by atoms with Gasteiger partial charge < -0.3 is 10.5 Å². The highest BCUT2D eigenvalue weighted by molar-refractivity contribution is 7.99. The number of hydrogen-bond acceptors (Lipinski definition) is 3. The van der Waals surface area contributed by atoms with Crippen molar-refractivity contribution >= 4 is 11.8 Å². The Morgan fingerprint density at radius 2 is 1.84 bits per heavy atom. The van der Waals surface area contributed by atoms with Crippen LogP contribution in [0.3, 0.4) is 0 Å². The molecule has 0 radical (unpaired) electrons. The van der Waals surface area contributed by atoms with Gasteiger partial charge in [0.05, 0.1) is 7.11 Å². The van der Waals surface area contributed by atoms with E-state index in [2.05, 4.69) is 0 Å². The first kappa shape index (κ1) is 13.9. The van der Waals surface area contributed by atoms with Crippen molar-refractivity contribution in [2.24, 2.45) is 5.73 Å². The highest BCUT2D eigenvalue weighted by Gasteiger charge is 2.13. The van der Waals surface area contributed by atoms with Gasteiger partial charge in [-0.1, -0.05) is 17.8 Å². The van der Waals surface area contributed by atoms with E-state index in [1.165, 1.54) is 17.8 Å². The predicted octanol–water partition coefficient (Wildman–Crippen LogP) is 4.01. The van der Waals surface area contributed by atoms with E-state index in [0.717, 1.165) is 15.5 Å². The van der Waals surface area contributed by atoms with Crippen molar-refractivity contribution in [3.8, 4) is 5.75 Å². The molecule has 19 heavy (non-hydrogen) atoms. The molecular weight excluding hydrogens is 261 g/mol. The third kappa shape index (κ3) is 3.28. The molecule has 100 valence electrons. The van der Waals surface area contributed by atoms with Crippen LogP contribution in [0.1, 0.15) is 18.5 Å². The van der Waals surface area contributed by atoms with Crippen LogP contribution in [0.15, 0.2) is 52.3 Å². The summed E-state index contributed by atoms with van der Waals surface area (Å²) in [6.45, 7) is 1.79. The molecule has 0 aliphatic carbocycles. The molecule has 0 spiro atoms. The molecule has 2 nitrogen and oxygen atoms in total. The van der Waals surface area contributed by atoms with Crippen molar-refractivity contribution in [3.63, 3.8) is 0 Å². The van der Waals surface area contributed by atoms with E-state index in [-0.39, 0.29) is 11.9 Å². The third-order valence-electron chi connectivity index (χ3n) is 2.76. The molecule has 0 unspecified atom stereocenters. The molecule has 0 heterocycles. The summed E-state index contributed by atoms with van der Waals surface area (Å²) >= 11 is 1.50. The molecule has 2 rings (SSSR count). The lowest BCUT2D eigenvalue weighted by atomic mass is 10.1. The van der Waals surface area contributed by atoms with Gasteiger partial charge in [0.25, 0.3) is 0 Å². The fourth-order valence-electron chi connectivity index (χ4n) is 1.82. The van der Waals surface area contributed by atoms with E-state index in [9.17, 15) is 4.39 Å². The SMILES string of the molecule is COc1ccc(Sc2cccc(F)c2[C@@H](C)N)cc1. The van der Waals surface area contributed by atoms with Crippen LogP contribution in [0.4, 0.5) is 4.39 Å². The first-order valence-electron chi connectivity index (χ1n) is 5.97. The zero-order valence-electron chi connectivity index (χ0n) is 10.9. The van der Waals surface area contributed by atoms with Crippen LogP contribution in [-0.4, -0.2) is 7.11 Å². The number of benzene rings is 2. The van der Waals surface area contributed by atoms with E-state index in [4.69, 9.17) is 10.5 Å². The van der Waals surface area contributed by atoms with E-state index in [1.54, 1.807) is 20.1 Å². The van der Waals surface area contributed by atoms with Gasteiger partial charge in [0.1, 0.15) is 11.6 Å². The number of hydrogen-bond donors (Lipinski definition) is 1. The smallest absolute Gasteiger partial charge is 0.129 e. The van der Waals surface area contributed by atoms with Crippen molar-refractivity contribution in [1.29, 1.82) is 0 Å². The largest absolute Gasteiger partial charge is 0.497 e. The second-order valence-corrected chi connectivity index (χ2v) is 5.33. The van der Waals surface area contributed by atoms with Gasteiger partial charge in [0, 0.05) is 21.4 Å². The summed E-state index contributed by atoms with van der Waals surface area (Å²) in [6.07, 6.45) is 0. The topological polar surface area (TPSA) is 35.2 Å². The van der Waals surface area contributed by atoms with Crippen molar-refractivity contribution in [3.05, 3.63) is 53.8 Å². The van der Waals surface area contributed by atoms with Crippen LogP contribution in [-0.2, 0) is 0 Å². The molecule has 2 N–H and O–H groups in total. The molecule has 1 atom stereocenters.